The van der Waals surface area contributed by atoms with Crippen molar-refractivity contribution in [1.82, 2.24) is 4.57 Å². The van der Waals surface area contributed by atoms with Crippen LogP contribution in [0, 0.1) is 45.3 Å². The summed E-state index contributed by atoms with van der Waals surface area (Å²) in [5.41, 5.74) is 28.4. The molecule has 0 aliphatic carbocycles. The van der Waals surface area contributed by atoms with Gasteiger partial charge in [0, 0.05) is 50.5 Å². The Morgan fingerprint density at radius 1 is 0.240 bits per heavy atom. The van der Waals surface area contributed by atoms with E-state index in [9.17, 15) is 21.0 Å². The van der Waals surface area contributed by atoms with Crippen molar-refractivity contribution >= 4 is 79.0 Å². The molecule has 442 valence electrons. The lowest BCUT2D eigenvalue weighted by Crippen LogP contribution is -2.61. The molecule has 0 amide bonds. The molecular weight excluding hydrogens is 1170 g/mol. The van der Waals surface area contributed by atoms with Crippen LogP contribution in [0.3, 0.4) is 0 Å². The number of aromatic nitrogens is 1. The van der Waals surface area contributed by atoms with Crippen molar-refractivity contribution in [3.8, 4) is 108 Å². The van der Waals surface area contributed by atoms with Gasteiger partial charge in [-0.25, -0.2) is 0 Å². The van der Waals surface area contributed by atoms with Gasteiger partial charge in [-0.15, -0.1) is 0 Å². The minimum absolute atomic E-state index is 0.191. The van der Waals surface area contributed by atoms with Gasteiger partial charge in [0.25, 0.3) is 6.71 Å². The molecule has 0 unspecified atom stereocenters. The topological polar surface area (TPSA) is 107 Å². The number of anilines is 6. The van der Waals surface area contributed by atoms with Gasteiger partial charge in [0.05, 0.1) is 63.3 Å². The molecule has 0 radical (unpaired) electrons. The van der Waals surface area contributed by atoms with Gasteiger partial charge in [-0.3, -0.25) is 0 Å². The molecule has 0 fully saturated rings. The lowest BCUT2D eigenvalue weighted by Gasteiger charge is -2.44. The zero-order valence-corrected chi connectivity index (χ0v) is 51.7. The molecule has 0 spiro atoms. The standard InChI is InChI=1S/C88H52BN7/c90-53-57-41-58(54-91)44-71(43-57)67-29-37-82(77(47-67)73-45-59(55-92)42-60(46-73)56-93)96-81-24-14-13-23-76(81)78-48-68(30-38-83(78)96)72-51-86-88-87(52-72)95(75-35-27-66(28-36-75)62-17-7-2-8-18-62)85-40-32-70(64-21-11-4-12-22-64)50-80(85)89(88)79-49-69(63-19-9-3-10-20-63)31-39-84(79)94(86)74-33-25-65(26-34-74)61-15-5-1-6-16-61/h1-52H. The van der Waals surface area contributed by atoms with Crippen LogP contribution in [0.5, 0.6) is 0 Å². The predicted octanol–water partition coefficient (Wildman–Crippen LogP) is 20.0. The molecule has 0 bridgehead atoms. The fraction of sp³-hybridized carbons (Fsp3) is 0. The van der Waals surface area contributed by atoms with E-state index in [-0.39, 0.29) is 6.71 Å². The third-order valence-corrected chi connectivity index (χ3v) is 19.0. The number of hydrogen-bond acceptors (Lipinski definition) is 6. The molecule has 0 atom stereocenters. The lowest BCUT2D eigenvalue weighted by molar-refractivity contribution is 1.18. The Bertz CT molecular complexity index is 5550. The fourth-order valence-electron chi connectivity index (χ4n) is 14.6. The third kappa shape index (κ3) is 9.66. The third-order valence-electron chi connectivity index (χ3n) is 19.0. The van der Waals surface area contributed by atoms with Gasteiger partial charge < -0.3 is 14.4 Å². The minimum atomic E-state index is -0.191. The van der Waals surface area contributed by atoms with E-state index < -0.39 is 0 Å². The monoisotopic (exact) mass is 1220 g/mol. The van der Waals surface area contributed by atoms with E-state index >= 15 is 0 Å². The Labute approximate surface area is 556 Å². The summed E-state index contributed by atoms with van der Waals surface area (Å²) >= 11 is 0. The Morgan fingerprint density at radius 3 is 1.06 bits per heavy atom. The first-order valence-electron chi connectivity index (χ1n) is 32.0. The van der Waals surface area contributed by atoms with Crippen LogP contribution < -0.4 is 26.2 Å². The fourth-order valence-corrected chi connectivity index (χ4v) is 14.6. The van der Waals surface area contributed by atoms with Crippen LogP contribution >= 0.6 is 0 Å². The highest BCUT2D eigenvalue weighted by molar-refractivity contribution is 7.00. The van der Waals surface area contributed by atoms with Gasteiger partial charge in [-0.05, 0) is 204 Å². The second-order valence-corrected chi connectivity index (χ2v) is 24.5. The molecule has 14 aromatic carbocycles. The Morgan fingerprint density at radius 2 is 0.594 bits per heavy atom. The molecule has 2 aliphatic heterocycles. The average molecular weight is 1220 g/mol. The smallest absolute Gasteiger partial charge is 0.252 e. The molecular formula is C88H52BN7. The SMILES string of the molecule is N#Cc1cc(C#N)cc(-c2ccc(-n3c4ccccc4c4cc(-c5cc6c7c(c5)N(c5ccc(-c8ccccc8)cc5)c5ccc(-c8ccccc8)cc5B7c5cc(-c7ccccc7)ccc5N6c5ccc(-c6ccccc6)cc5)ccc43)c(-c3cc(C#N)cc(C#N)c3)c2)c1. The predicted molar refractivity (Wildman–Crippen MR) is 392 cm³/mol. The van der Waals surface area contributed by atoms with E-state index in [1.807, 2.05) is 24.3 Å². The van der Waals surface area contributed by atoms with E-state index in [1.165, 1.54) is 16.4 Å². The first-order chi connectivity index (χ1) is 47.4. The number of benzene rings is 14. The maximum atomic E-state index is 10.3. The van der Waals surface area contributed by atoms with Crippen molar-refractivity contribution in [2.24, 2.45) is 0 Å². The highest BCUT2D eigenvalue weighted by Gasteiger charge is 2.44. The van der Waals surface area contributed by atoms with Gasteiger partial charge in [0.1, 0.15) is 0 Å². The maximum absolute atomic E-state index is 10.3. The quantitative estimate of drug-likeness (QED) is 0.126. The summed E-state index contributed by atoms with van der Waals surface area (Å²) in [7, 11) is 0. The van der Waals surface area contributed by atoms with E-state index in [2.05, 4.69) is 306 Å². The van der Waals surface area contributed by atoms with Gasteiger partial charge in [0.2, 0.25) is 0 Å². The molecule has 3 heterocycles. The van der Waals surface area contributed by atoms with Gasteiger partial charge in [-0.2, -0.15) is 21.0 Å². The number of nitriles is 4. The van der Waals surface area contributed by atoms with Crippen LogP contribution in [0.25, 0.3) is 105 Å². The molecule has 96 heavy (non-hydrogen) atoms. The van der Waals surface area contributed by atoms with Gasteiger partial charge in [0.15, 0.2) is 0 Å². The van der Waals surface area contributed by atoms with Crippen molar-refractivity contribution in [2.75, 3.05) is 9.80 Å². The molecule has 1 aromatic heterocycles. The summed E-state index contributed by atoms with van der Waals surface area (Å²) in [5.74, 6) is 0. The van der Waals surface area contributed by atoms with E-state index in [4.69, 9.17) is 0 Å². The Hall–Kier alpha value is -13.5. The van der Waals surface area contributed by atoms with Crippen molar-refractivity contribution < 1.29 is 0 Å². The second-order valence-electron chi connectivity index (χ2n) is 24.5. The number of fused-ring (bicyclic) bond motifs is 7. The zero-order valence-electron chi connectivity index (χ0n) is 51.7. The summed E-state index contributed by atoms with van der Waals surface area (Å²) in [6.07, 6.45) is 0. The normalized spacial score (nSPS) is 11.9. The van der Waals surface area contributed by atoms with Crippen molar-refractivity contribution in [2.45, 2.75) is 0 Å². The highest BCUT2D eigenvalue weighted by Crippen LogP contribution is 2.49. The molecule has 0 N–H and O–H groups in total. The minimum Gasteiger partial charge on any atom is -0.311 e. The van der Waals surface area contributed by atoms with Crippen LogP contribution in [0.1, 0.15) is 22.3 Å². The highest BCUT2D eigenvalue weighted by atomic mass is 15.2. The summed E-state index contributed by atoms with van der Waals surface area (Å²) in [5, 5.41) is 42.9. The van der Waals surface area contributed by atoms with Crippen LogP contribution in [0.4, 0.5) is 34.1 Å². The molecule has 8 heteroatoms. The van der Waals surface area contributed by atoms with Crippen LogP contribution in [0.15, 0.2) is 315 Å². The molecule has 0 saturated heterocycles. The van der Waals surface area contributed by atoms with Crippen molar-refractivity contribution in [3.05, 3.63) is 338 Å². The molecule has 2 aliphatic rings. The summed E-state index contributed by atoms with van der Waals surface area (Å²) < 4.78 is 2.27. The van der Waals surface area contributed by atoms with Crippen LogP contribution in [0.2, 0.25) is 0 Å². The second kappa shape index (κ2) is 23.3. The largest absolute Gasteiger partial charge is 0.311 e. The van der Waals surface area contributed by atoms with Crippen molar-refractivity contribution in [1.29, 1.82) is 21.0 Å². The number of para-hydroxylation sites is 1. The number of rotatable bonds is 10. The first-order valence-corrected chi connectivity index (χ1v) is 32.0. The number of hydrogen-bond donors (Lipinski definition) is 0. The molecule has 15 aromatic rings. The zero-order chi connectivity index (χ0) is 64.4. The summed E-state index contributed by atoms with van der Waals surface area (Å²) in [4.78, 5) is 4.99. The first kappa shape index (κ1) is 56.5. The molecule has 0 saturated carbocycles. The van der Waals surface area contributed by atoms with E-state index in [0.29, 0.717) is 33.4 Å². The van der Waals surface area contributed by atoms with Crippen LogP contribution in [-0.2, 0) is 0 Å². The number of nitrogens with zero attached hydrogens (tertiary/aromatic N) is 7. The lowest BCUT2D eigenvalue weighted by atomic mass is 9.33. The van der Waals surface area contributed by atoms with E-state index in [0.717, 1.165) is 128 Å². The molecule has 7 nitrogen and oxygen atoms in total. The van der Waals surface area contributed by atoms with Crippen molar-refractivity contribution in [3.63, 3.8) is 0 Å². The van der Waals surface area contributed by atoms with E-state index in [1.54, 1.807) is 24.3 Å². The summed E-state index contributed by atoms with van der Waals surface area (Å²) in [6, 6.07) is 120. The maximum Gasteiger partial charge on any atom is 0.252 e. The van der Waals surface area contributed by atoms with Crippen LogP contribution in [-0.4, -0.2) is 11.3 Å². The molecule has 17 rings (SSSR count). The Kier molecular flexibility index (Phi) is 13.7. The van der Waals surface area contributed by atoms with Gasteiger partial charge >= 0.3 is 0 Å². The summed E-state index contributed by atoms with van der Waals surface area (Å²) in [6.45, 7) is -0.191. The average Bonchev–Trinajstić information content (AvgIpc) is 1.10. The Balaban J connectivity index is 0.921. The van der Waals surface area contributed by atoms with Gasteiger partial charge in [-0.1, -0.05) is 200 Å².